The molecule has 2 unspecified atom stereocenters. The van der Waals surface area contributed by atoms with Gasteiger partial charge in [-0.3, -0.25) is 15.1 Å². The van der Waals surface area contributed by atoms with Gasteiger partial charge in [-0.05, 0) is 12.5 Å². The highest BCUT2D eigenvalue weighted by Gasteiger charge is 2.23. The van der Waals surface area contributed by atoms with E-state index in [1.165, 1.54) is 0 Å². The largest absolute Gasteiger partial charge is 0.291 e. The number of hydrogen-bond acceptors (Lipinski definition) is 3. The minimum absolute atomic E-state index is 0.0194. The van der Waals surface area contributed by atoms with Crippen LogP contribution in [0, 0.1) is 17.0 Å². The number of alkyl halides is 1. The average molecular weight is 273 g/mol. The van der Waals surface area contributed by atoms with Crippen molar-refractivity contribution in [3.63, 3.8) is 0 Å². The predicted octanol–water partition coefficient (Wildman–Crippen LogP) is 3.19. The molecule has 15 heavy (non-hydrogen) atoms. The molecule has 0 spiro atoms. The summed E-state index contributed by atoms with van der Waals surface area (Å²) in [4.78, 5) is 14.8. The van der Waals surface area contributed by atoms with E-state index in [0.717, 1.165) is 5.56 Å². The van der Waals surface area contributed by atoms with E-state index < -0.39 is 0 Å². The summed E-state index contributed by atoms with van der Waals surface area (Å²) in [6, 6.07) is 1.56. The Morgan fingerprint density at radius 1 is 1.53 bits per heavy atom. The van der Waals surface area contributed by atoms with Crippen LogP contribution in [0.3, 0.4) is 0 Å². The zero-order valence-electron chi connectivity index (χ0n) is 8.90. The summed E-state index contributed by atoms with van der Waals surface area (Å²) in [5, 5.41) is 10.9. The Morgan fingerprint density at radius 2 is 2.13 bits per heavy atom. The van der Waals surface area contributed by atoms with Gasteiger partial charge in [0, 0.05) is 23.0 Å². The molecule has 0 saturated heterocycles. The number of hydrogen-bond donors (Lipinski definition) is 0. The first kappa shape index (κ1) is 12.1. The van der Waals surface area contributed by atoms with Crippen LogP contribution in [0.25, 0.3) is 0 Å². The third kappa shape index (κ3) is 2.75. The maximum Gasteiger partial charge on any atom is 0.291 e. The number of nitro groups is 1. The number of rotatable bonds is 3. The van der Waals surface area contributed by atoms with Crippen LogP contribution in [0.2, 0.25) is 0 Å². The molecule has 0 aromatic carbocycles. The van der Waals surface area contributed by atoms with Crippen molar-refractivity contribution < 1.29 is 4.92 Å². The molecule has 0 radical (unpaired) electrons. The normalized spacial score (nSPS) is 14.7. The fraction of sp³-hybridized carbons (Fsp3) is 0.500. The molecule has 4 nitrogen and oxygen atoms in total. The van der Waals surface area contributed by atoms with Crippen molar-refractivity contribution in [2.45, 2.75) is 31.5 Å². The second kappa shape index (κ2) is 4.70. The topological polar surface area (TPSA) is 56.0 Å². The third-order valence-electron chi connectivity index (χ3n) is 2.35. The minimum atomic E-state index is -0.374. The van der Waals surface area contributed by atoms with Crippen molar-refractivity contribution in [1.82, 2.24) is 4.98 Å². The smallest absolute Gasteiger partial charge is 0.258 e. The summed E-state index contributed by atoms with van der Waals surface area (Å²) >= 11 is 3.42. The summed E-state index contributed by atoms with van der Waals surface area (Å²) in [6.45, 7) is 5.67. The van der Waals surface area contributed by atoms with Gasteiger partial charge in [-0.25, -0.2) is 0 Å². The van der Waals surface area contributed by atoms with Crippen molar-refractivity contribution in [1.29, 1.82) is 0 Å². The van der Waals surface area contributed by atoms with E-state index in [1.807, 2.05) is 13.8 Å². The Kier molecular flexibility index (Phi) is 3.79. The molecule has 0 fully saturated rings. The minimum Gasteiger partial charge on any atom is -0.258 e. The van der Waals surface area contributed by atoms with Crippen LogP contribution in [0.1, 0.15) is 31.0 Å². The first-order valence-corrected chi connectivity index (χ1v) is 5.60. The van der Waals surface area contributed by atoms with Crippen LogP contribution in [0.5, 0.6) is 0 Å². The highest BCUT2D eigenvalue weighted by atomic mass is 79.9. The lowest BCUT2D eigenvalue weighted by Gasteiger charge is -2.13. The zero-order chi connectivity index (χ0) is 11.6. The zero-order valence-corrected chi connectivity index (χ0v) is 10.5. The van der Waals surface area contributed by atoms with Gasteiger partial charge in [0.05, 0.1) is 4.92 Å². The van der Waals surface area contributed by atoms with Crippen LogP contribution >= 0.6 is 15.9 Å². The molecule has 2 atom stereocenters. The van der Waals surface area contributed by atoms with E-state index in [0.29, 0.717) is 5.69 Å². The first-order chi connectivity index (χ1) is 6.93. The van der Waals surface area contributed by atoms with Gasteiger partial charge in [-0.2, -0.15) is 0 Å². The fourth-order valence-electron chi connectivity index (χ4n) is 1.28. The summed E-state index contributed by atoms with van der Waals surface area (Å²) < 4.78 is 0. The maximum atomic E-state index is 10.9. The first-order valence-electron chi connectivity index (χ1n) is 4.68. The quantitative estimate of drug-likeness (QED) is 0.482. The maximum absolute atomic E-state index is 10.9. The second-order valence-corrected chi connectivity index (χ2v) is 5.08. The van der Waals surface area contributed by atoms with Gasteiger partial charge in [0.25, 0.3) is 5.69 Å². The molecule has 1 aromatic rings. The van der Waals surface area contributed by atoms with E-state index in [4.69, 9.17) is 0 Å². The molecule has 0 bridgehead atoms. The summed E-state index contributed by atoms with van der Waals surface area (Å²) in [7, 11) is 0. The lowest BCUT2D eigenvalue weighted by Crippen LogP contribution is -2.09. The SMILES string of the molecule is Cc1cnc(C(C)C(C)Br)c([N+](=O)[O-])c1. The molecular weight excluding hydrogens is 260 g/mol. The Labute approximate surface area is 97.0 Å². The lowest BCUT2D eigenvalue weighted by atomic mass is 10.0. The molecule has 1 rings (SSSR count). The Balaban J connectivity index is 3.22. The summed E-state index contributed by atoms with van der Waals surface area (Å²) in [5.41, 5.74) is 1.45. The summed E-state index contributed by atoms with van der Waals surface area (Å²) in [5.74, 6) is 0.0194. The van der Waals surface area contributed by atoms with E-state index in [9.17, 15) is 10.1 Å². The van der Waals surface area contributed by atoms with Crippen LogP contribution in [0.4, 0.5) is 5.69 Å². The molecule has 0 amide bonds. The molecule has 0 aliphatic heterocycles. The second-order valence-electron chi connectivity index (χ2n) is 3.64. The Morgan fingerprint density at radius 3 is 2.60 bits per heavy atom. The fourth-order valence-corrected chi connectivity index (χ4v) is 1.53. The Bertz CT molecular complexity index is 380. The highest BCUT2D eigenvalue weighted by molar-refractivity contribution is 9.09. The van der Waals surface area contributed by atoms with E-state index in [1.54, 1.807) is 19.2 Å². The van der Waals surface area contributed by atoms with Gasteiger partial charge in [0.2, 0.25) is 0 Å². The van der Waals surface area contributed by atoms with Gasteiger partial charge in [-0.1, -0.05) is 29.8 Å². The van der Waals surface area contributed by atoms with E-state index in [-0.39, 0.29) is 21.4 Å². The molecule has 82 valence electrons. The van der Waals surface area contributed by atoms with Crippen molar-refractivity contribution in [3.05, 3.63) is 33.6 Å². The number of pyridine rings is 1. The van der Waals surface area contributed by atoms with E-state index in [2.05, 4.69) is 20.9 Å². The van der Waals surface area contributed by atoms with Gasteiger partial charge in [-0.15, -0.1) is 0 Å². The molecule has 1 heterocycles. The van der Waals surface area contributed by atoms with Gasteiger partial charge >= 0.3 is 0 Å². The van der Waals surface area contributed by atoms with Crippen LogP contribution in [-0.4, -0.2) is 14.7 Å². The monoisotopic (exact) mass is 272 g/mol. The van der Waals surface area contributed by atoms with Crippen molar-refractivity contribution in [2.75, 3.05) is 0 Å². The van der Waals surface area contributed by atoms with Gasteiger partial charge < -0.3 is 0 Å². The van der Waals surface area contributed by atoms with E-state index >= 15 is 0 Å². The molecule has 0 saturated carbocycles. The number of halogens is 1. The number of nitrogens with zero attached hydrogens (tertiary/aromatic N) is 2. The molecule has 0 N–H and O–H groups in total. The van der Waals surface area contributed by atoms with Crippen molar-refractivity contribution in [2.24, 2.45) is 0 Å². The lowest BCUT2D eigenvalue weighted by molar-refractivity contribution is -0.386. The Hall–Kier alpha value is -0.970. The predicted molar refractivity (Wildman–Crippen MR) is 62.4 cm³/mol. The van der Waals surface area contributed by atoms with Gasteiger partial charge in [0.1, 0.15) is 5.69 Å². The van der Waals surface area contributed by atoms with Crippen molar-refractivity contribution >= 4 is 21.6 Å². The molecule has 1 aromatic heterocycles. The average Bonchev–Trinajstić information content (AvgIpc) is 2.16. The standard InChI is InChI=1S/C10H13BrN2O2/c1-6-4-9(13(14)15)10(12-5-6)7(2)8(3)11/h4-5,7-8H,1-3H3. The molecule has 0 aliphatic carbocycles. The molecular formula is C10H13BrN2O2. The van der Waals surface area contributed by atoms with Crippen LogP contribution in [0.15, 0.2) is 12.3 Å². The molecule has 0 aliphatic rings. The summed E-state index contributed by atoms with van der Waals surface area (Å²) in [6.07, 6.45) is 1.66. The van der Waals surface area contributed by atoms with Crippen molar-refractivity contribution in [3.8, 4) is 0 Å². The molecule has 5 heteroatoms. The number of aryl methyl sites for hydroxylation is 1. The van der Waals surface area contributed by atoms with Crippen LogP contribution < -0.4 is 0 Å². The number of aromatic nitrogens is 1. The van der Waals surface area contributed by atoms with Crippen LogP contribution in [-0.2, 0) is 0 Å². The highest BCUT2D eigenvalue weighted by Crippen LogP contribution is 2.30. The third-order valence-corrected chi connectivity index (χ3v) is 3.14. The van der Waals surface area contributed by atoms with Gasteiger partial charge in [0.15, 0.2) is 0 Å².